The van der Waals surface area contributed by atoms with Crippen molar-refractivity contribution in [1.82, 2.24) is 15.2 Å². The summed E-state index contributed by atoms with van der Waals surface area (Å²) in [5, 5.41) is 7.55. The standard InChI is InChI=1S/C15H27N3/c1-11(10-15(2,3)4)9-13-16-14(18-17-13)12-7-5-6-8-12/h11-12H,5-10H2,1-4H3,(H,16,17,18). The highest BCUT2D eigenvalue weighted by atomic mass is 15.2. The highest BCUT2D eigenvalue weighted by molar-refractivity contribution is 5.00. The molecule has 18 heavy (non-hydrogen) atoms. The molecule has 1 N–H and O–H groups in total. The van der Waals surface area contributed by atoms with Crippen LogP contribution in [-0.2, 0) is 6.42 Å². The molecule has 0 radical (unpaired) electrons. The summed E-state index contributed by atoms with van der Waals surface area (Å²) in [5.74, 6) is 3.42. The van der Waals surface area contributed by atoms with Crippen LogP contribution in [0.15, 0.2) is 0 Å². The van der Waals surface area contributed by atoms with Gasteiger partial charge in [0.15, 0.2) is 5.82 Å². The van der Waals surface area contributed by atoms with E-state index in [1.165, 1.54) is 32.1 Å². The van der Waals surface area contributed by atoms with Crippen LogP contribution in [0.2, 0.25) is 0 Å². The molecule has 0 amide bonds. The summed E-state index contributed by atoms with van der Waals surface area (Å²) in [6, 6.07) is 0. The zero-order valence-electron chi connectivity index (χ0n) is 12.3. The van der Waals surface area contributed by atoms with E-state index in [4.69, 9.17) is 4.98 Å². The summed E-state index contributed by atoms with van der Waals surface area (Å²) in [6.07, 6.45) is 7.48. The lowest BCUT2D eigenvalue weighted by Crippen LogP contribution is -2.13. The Morgan fingerprint density at radius 1 is 1.28 bits per heavy atom. The van der Waals surface area contributed by atoms with Crippen LogP contribution >= 0.6 is 0 Å². The van der Waals surface area contributed by atoms with E-state index in [1.807, 2.05) is 0 Å². The number of nitrogens with zero attached hydrogens (tertiary/aromatic N) is 2. The van der Waals surface area contributed by atoms with Gasteiger partial charge in [-0.25, -0.2) is 4.98 Å². The molecule has 0 aliphatic heterocycles. The topological polar surface area (TPSA) is 41.6 Å². The highest BCUT2D eigenvalue weighted by Gasteiger charge is 2.22. The Morgan fingerprint density at radius 3 is 2.56 bits per heavy atom. The molecule has 3 heteroatoms. The van der Waals surface area contributed by atoms with Crippen LogP contribution in [0.4, 0.5) is 0 Å². The van der Waals surface area contributed by atoms with Crippen LogP contribution in [0.5, 0.6) is 0 Å². The smallest absolute Gasteiger partial charge is 0.153 e. The van der Waals surface area contributed by atoms with Gasteiger partial charge >= 0.3 is 0 Å². The third-order valence-electron chi connectivity index (χ3n) is 3.77. The molecule has 3 nitrogen and oxygen atoms in total. The van der Waals surface area contributed by atoms with Gasteiger partial charge in [0.25, 0.3) is 0 Å². The van der Waals surface area contributed by atoms with Gasteiger partial charge in [0.1, 0.15) is 5.82 Å². The highest BCUT2D eigenvalue weighted by Crippen LogP contribution is 2.32. The summed E-state index contributed by atoms with van der Waals surface area (Å²) < 4.78 is 0. The quantitative estimate of drug-likeness (QED) is 0.873. The Balaban J connectivity index is 1.90. The van der Waals surface area contributed by atoms with E-state index in [1.54, 1.807) is 0 Å². The van der Waals surface area contributed by atoms with Gasteiger partial charge in [0, 0.05) is 12.3 Å². The average Bonchev–Trinajstić information content (AvgIpc) is 2.82. The Morgan fingerprint density at radius 2 is 1.94 bits per heavy atom. The molecule has 1 saturated carbocycles. The van der Waals surface area contributed by atoms with Crippen LogP contribution in [-0.4, -0.2) is 15.2 Å². The number of aromatic amines is 1. The van der Waals surface area contributed by atoms with E-state index < -0.39 is 0 Å². The Bertz CT molecular complexity index is 369. The normalized spacial score (nSPS) is 19.3. The fourth-order valence-electron chi connectivity index (χ4n) is 3.22. The molecule has 1 unspecified atom stereocenters. The van der Waals surface area contributed by atoms with E-state index in [-0.39, 0.29) is 0 Å². The Labute approximate surface area is 111 Å². The van der Waals surface area contributed by atoms with Crippen LogP contribution in [0.25, 0.3) is 0 Å². The van der Waals surface area contributed by atoms with Crippen molar-refractivity contribution in [2.45, 2.75) is 72.1 Å². The largest absolute Gasteiger partial charge is 0.263 e. The molecule has 1 fully saturated rings. The summed E-state index contributed by atoms with van der Waals surface area (Å²) in [5.41, 5.74) is 0.397. The van der Waals surface area contributed by atoms with Crippen molar-refractivity contribution in [3.05, 3.63) is 11.6 Å². The zero-order chi connectivity index (χ0) is 13.2. The zero-order valence-corrected chi connectivity index (χ0v) is 12.3. The minimum Gasteiger partial charge on any atom is -0.263 e. The van der Waals surface area contributed by atoms with Crippen molar-refractivity contribution in [3.8, 4) is 0 Å². The van der Waals surface area contributed by atoms with E-state index in [2.05, 4.69) is 37.9 Å². The minimum atomic E-state index is 0.397. The minimum absolute atomic E-state index is 0.397. The van der Waals surface area contributed by atoms with Crippen molar-refractivity contribution in [2.75, 3.05) is 0 Å². The predicted molar refractivity (Wildman–Crippen MR) is 74.5 cm³/mol. The summed E-state index contributed by atoms with van der Waals surface area (Å²) in [4.78, 5) is 4.70. The molecule has 1 aliphatic carbocycles. The molecule has 0 aromatic carbocycles. The maximum Gasteiger partial charge on any atom is 0.153 e. The number of rotatable bonds is 4. The molecule has 0 bridgehead atoms. The molecule has 0 spiro atoms. The summed E-state index contributed by atoms with van der Waals surface area (Å²) in [7, 11) is 0. The van der Waals surface area contributed by atoms with E-state index in [9.17, 15) is 0 Å². The van der Waals surface area contributed by atoms with Gasteiger partial charge in [-0.15, -0.1) is 0 Å². The molecule has 1 aromatic heterocycles. The Hall–Kier alpha value is -0.860. The lowest BCUT2D eigenvalue weighted by Gasteiger charge is -2.22. The SMILES string of the molecule is CC(Cc1nc(C2CCCC2)n[nH]1)CC(C)(C)C. The summed E-state index contributed by atoms with van der Waals surface area (Å²) >= 11 is 0. The fraction of sp³-hybridized carbons (Fsp3) is 0.867. The lowest BCUT2D eigenvalue weighted by atomic mass is 9.84. The summed E-state index contributed by atoms with van der Waals surface area (Å²) in [6.45, 7) is 9.21. The van der Waals surface area contributed by atoms with E-state index >= 15 is 0 Å². The fourth-order valence-corrected chi connectivity index (χ4v) is 3.22. The van der Waals surface area contributed by atoms with Crippen molar-refractivity contribution >= 4 is 0 Å². The molecule has 1 atom stereocenters. The predicted octanol–water partition coefficient (Wildman–Crippen LogP) is 4.08. The molecule has 102 valence electrons. The third-order valence-corrected chi connectivity index (χ3v) is 3.77. The van der Waals surface area contributed by atoms with Gasteiger partial charge in [0.2, 0.25) is 0 Å². The van der Waals surface area contributed by atoms with Crippen molar-refractivity contribution in [1.29, 1.82) is 0 Å². The maximum atomic E-state index is 4.70. The number of hydrogen-bond donors (Lipinski definition) is 1. The molecule has 2 rings (SSSR count). The Kier molecular flexibility index (Phi) is 4.08. The van der Waals surface area contributed by atoms with Crippen LogP contribution in [0.1, 0.15) is 77.4 Å². The number of nitrogens with one attached hydrogen (secondary N) is 1. The molecular formula is C15H27N3. The second-order valence-electron chi connectivity index (χ2n) is 7.20. The molecular weight excluding hydrogens is 222 g/mol. The van der Waals surface area contributed by atoms with Gasteiger partial charge in [-0.05, 0) is 30.6 Å². The van der Waals surface area contributed by atoms with Gasteiger partial charge < -0.3 is 0 Å². The van der Waals surface area contributed by atoms with Gasteiger partial charge in [0.05, 0.1) is 0 Å². The second kappa shape index (κ2) is 5.41. The van der Waals surface area contributed by atoms with Crippen LogP contribution in [0, 0.1) is 11.3 Å². The molecule has 1 heterocycles. The van der Waals surface area contributed by atoms with Crippen molar-refractivity contribution in [3.63, 3.8) is 0 Å². The monoisotopic (exact) mass is 249 g/mol. The first-order chi connectivity index (χ1) is 8.44. The van der Waals surface area contributed by atoms with Gasteiger partial charge in [-0.1, -0.05) is 40.5 Å². The van der Waals surface area contributed by atoms with Gasteiger partial charge in [-0.2, -0.15) is 5.10 Å². The average molecular weight is 249 g/mol. The number of H-pyrrole nitrogens is 1. The number of aromatic nitrogens is 3. The second-order valence-corrected chi connectivity index (χ2v) is 7.20. The van der Waals surface area contributed by atoms with Crippen molar-refractivity contribution in [2.24, 2.45) is 11.3 Å². The maximum absolute atomic E-state index is 4.70. The molecule has 1 aromatic rings. The van der Waals surface area contributed by atoms with Crippen LogP contribution in [0.3, 0.4) is 0 Å². The number of hydrogen-bond acceptors (Lipinski definition) is 2. The van der Waals surface area contributed by atoms with Crippen molar-refractivity contribution < 1.29 is 0 Å². The lowest BCUT2D eigenvalue weighted by molar-refractivity contribution is 0.303. The molecule has 1 aliphatic rings. The third kappa shape index (κ3) is 3.82. The van der Waals surface area contributed by atoms with E-state index in [0.717, 1.165) is 18.1 Å². The van der Waals surface area contributed by atoms with Crippen LogP contribution < -0.4 is 0 Å². The first kappa shape index (κ1) is 13.6. The molecule has 0 saturated heterocycles. The van der Waals surface area contributed by atoms with Gasteiger partial charge in [-0.3, -0.25) is 5.10 Å². The first-order valence-corrected chi connectivity index (χ1v) is 7.35. The van der Waals surface area contributed by atoms with E-state index in [0.29, 0.717) is 17.3 Å². The first-order valence-electron chi connectivity index (χ1n) is 7.35.